The molecule has 0 atom stereocenters. The molecule has 0 aliphatic rings. The van der Waals surface area contributed by atoms with Crippen LogP contribution in [0.25, 0.3) is 0 Å². The molecule has 5 heteroatoms. The SMILES string of the molecule is CCN(CC(C)C)C(=O)c1ccc(/C(N)=N/O)cc1. The summed E-state index contributed by atoms with van der Waals surface area (Å²) in [5, 5.41) is 11.5. The van der Waals surface area contributed by atoms with Crippen molar-refractivity contribution in [2.24, 2.45) is 16.8 Å². The van der Waals surface area contributed by atoms with Gasteiger partial charge in [0, 0.05) is 24.2 Å². The summed E-state index contributed by atoms with van der Waals surface area (Å²) in [5.41, 5.74) is 6.67. The Morgan fingerprint density at radius 2 is 1.84 bits per heavy atom. The van der Waals surface area contributed by atoms with Gasteiger partial charge in [-0.25, -0.2) is 0 Å². The van der Waals surface area contributed by atoms with Crippen molar-refractivity contribution in [1.82, 2.24) is 4.90 Å². The number of carbonyl (C=O) groups excluding carboxylic acids is 1. The first-order chi connectivity index (χ1) is 8.99. The zero-order chi connectivity index (χ0) is 14.4. The summed E-state index contributed by atoms with van der Waals surface area (Å²) in [6.07, 6.45) is 0. The summed E-state index contributed by atoms with van der Waals surface area (Å²) < 4.78 is 0. The fourth-order valence-corrected chi connectivity index (χ4v) is 1.82. The molecular formula is C14H21N3O2. The van der Waals surface area contributed by atoms with Gasteiger partial charge >= 0.3 is 0 Å². The summed E-state index contributed by atoms with van der Waals surface area (Å²) >= 11 is 0. The maximum Gasteiger partial charge on any atom is 0.253 e. The van der Waals surface area contributed by atoms with Gasteiger partial charge < -0.3 is 15.8 Å². The van der Waals surface area contributed by atoms with Crippen molar-refractivity contribution < 1.29 is 10.0 Å². The highest BCUT2D eigenvalue weighted by atomic mass is 16.4. The maximum atomic E-state index is 12.3. The lowest BCUT2D eigenvalue weighted by molar-refractivity contribution is 0.0746. The molecule has 0 radical (unpaired) electrons. The molecule has 0 unspecified atom stereocenters. The molecule has 1 aromatic rings. The van der Waals surface area contributed by atoms with Crippen LogP contribution in [0.1, 0.15) is 36.7 Å². The fraction of sp³-hybridized carbons (Fsp3) is 0.429. The van der Waals surface area contributed by atoms with E-state index in [0.29, 0.717) is 23.6 Å². The largest absolute Gasteiger partial charge is 0.409 e. The first-order valence-electron chi connectivity index (χ1n) is 6.36. The van der Waals surface area contributed by atoms with E-state index >= 15 is 0 Å². The lowest BCUT2D eigenvalue weighted by Crippen LogP contribution is -2.34. The third-order valence-corrected chi connectivity index (χ3v) is 2.79. The summed E-state index contributed by atoms with van der Waals surface area (Å²) in [7, 11) is 0. The van der Waals surface area contributed by atoms with Crippen molar-refractivity contribution in [2.45, 2.75) is 20.8 Å². The van der Waals surface area contributed by atoms with E-state index in [0.717, 1.165) is 6.54 Å². The Balaban J connectivity index is 2.88. The number of hydrogen-bond donors (Lipinski definition) is 2. The van der Waals surface area contributed by atoms with Crippen molar-refractivity contribution in [3.8, 4) is 0 Å². The van der Waals surface area contributed by atoms with E-state index < -0.39 is 0 Å². The van der Waals surface area contributed by atoms with Crippen LogP contribution >= 0.6 is 0 Å². The van der Waals surface area contributed by atoms with Gasteiger partial charge in [-0.15, -0.1) is 0 Å². The summed E-state index contributed by atoms with van der Waals surface area (Å²) in [6, 6.07) is 6.73. The van der Waals surface area contributed by atoms with Crippen LogP contribution < -0.4 is 5.73 Å². The highest BCUT2D eigenvalue weighted by molar-refractivity contribution is 5.99. The second-order valence-electron chi connectivity index (χ2n) is 4.80. The predicted molar refractivity (Wildman–Crippen MR) is 75.4 cm³/mol. The Morgan fingerprint density at radius 3 is 2.26 bits per heavy atom. The van der Waals surface area contributed by atoms with Crippen LogP contribution in [0.15, 0.2) is 29.4 Å². The molecule has 0 spiro atoms. The van der Waals surface area contributed by atoms with Crippen LogP contribution in [0, 0.1) is 5.92 Å². The van der Waals surface area contributed by atoms with Crippen LogP contribution in [-0.4, -0.2) is 34.9 Å². The van der Waals surface area contributed by atoms with Gasteiger partial charge in [-0.05, 0) is 25.0 Å². The number of carbonyl (C=O) groups is 1. The van der Waals surface area contributed by atoms with Crippen LogP contribution in [-0.2, 0) is 0 Å². The van der Waals surface area contributed by atoms with E-state index in [9.17, 15) is 4.79 Å². The quantitative estimate of drug-likeness (QED) is 0.368. The van der Waals surface area contributed by atoms with Crippen molar-refractivity contribution in [2.75, 3.05) is 13.1 Å². The van der Waals surface area contributed by atoms with Crippen LogP contribution in [0.2, 0.25) is 0 Å². The molecule has 0 aromatic heterocycles. The zero-order valence-electron chi connectivity index (χ0n) is 11.6. The molecule has 0 aliphatic heterocycles. The monoisotopic (exact) mass is 263 g/mol. The van der Waals surface area contributed by atoms with Gasteiger partial charge in [-0.2, -0.15) is 0 Å². The smallest absolute Gasteiger partial charge is 0.253 e. The molecule has 0 fully saturated rings. The van der Waals surface area contributed by atoms with Gasteiger partial charge in [-0.1, -0.05) is 31.1 Å². The summed E-state index contributed by atoms with van der Waals surface area (Å²) in [6.45, 7) is 7.54. The third-order valence-electron chi connectivity index (χ3n) is 2.79. The number of benzene rings is 1. The molecule has 1 rings (SSSR count). The van der Waals surface area contributed by atoms with E-state index in [-0.39, 0.29) is 11.7 Å². The Bertz CT molecular complexity index is 452. The Kier molecular flexibility index (Phi) is 5.36. The fourth-order valence-electron chi connectivity index (χ4n) is 1.82. The van der Waals surface area contributed by atoms with E-state index in [1.54, 1.807) is 24.3 Å². The number of amidine groups is 1. The van der Waals surface area contributed by atoms with Crippen LogP contribution in [0.5, 0.6) is 0 Å². The van der Waals surface area contributed by atoms with Crippen molar-refractivity contribution >= 4 is 11.7 Å². The van der Waals surface area contributed by atoms with E-state index in [4.69, 9.17) is 10.9 Å². The number of hydrogen-bond acceptors (Lipinski definition) is 3. The van der Waals surface area contributed by atoms with Gasteiger partial charge in [0.15, 0.2) is 5.84 Å². The Labute approximate surface area is 113 Å². The number of nitrogens with zero attached hydrogens (tertiary/aromatic N) is 2. The van der Waals surface area contributed by atoms with Gasteiger partial charge in [0.05, 0.1) is 0 Å². The first kappa shape index (κ1) is 15.0. The highest BCUT2D eigenvalue weighted by Crippen LogP contribution is 2.09. The molecule has 19 heavy (non-hydrogen) atoms. The van der Waals surface area contributed by atoms with Gasteiger partial charge in [0.2, 0.25) is 0 Å². The van der Waals surface area contributed by atoms with Crippen molar-refractivity contribution in [3.63, 3.8) is 0 Å². The number of amides is 1. The summed E-state index contributed by atoms with van der Waals surface area (Å²) in [5.74, 6) is 0.469. The first-order valence-corrected chi connectivity index (χ1v) is 6.36. The van der Waals surface area contributed by atoms with Crippen LogP contribution in [0.4, 0.5) is 0 Å². The van der Waals surface area contributed by atoms with Gasteiger partial charge in [-0.3, -0.25) is 4.79 Å². The predicted octanol–water partition coefficient (Wildman–Crippen LogP) is 1.90. The Morgan fingerprint density at radius 1 is 1.32 bits per heavy atom. The standard InChI is InChI=1S/C14H21N3O2/c1-4-17(9-10(2)3)14(18)12-7-5-11(6-8-12)13(15)16-19/h5-8,10,19H,4,9H2,1-3H3,(H2,15,16). The van der Waals surface area contributed by atoms with Crippen LogP contribution in [0.3, 0.4) is 0 Å². The number of nitrogens with two attached hydrogens (primary N) is 1. The minimum atomic E-state index is 0.00209. The van der Waals surface area contributed by atoms with E-state index in [1.807, 2.05) is 11.8 Å². The number of oxime groups is 1. The molecule has 0 saturated heterocycles. The Hall–Kier alpha value is -2.04. The second-order valence-corrected chi connectivity index (χ2v) is 4.80. The average Bonchev–Trinajstić information content (AvgIpc) is 2.43. The van der Waals surface area contributed by atoms with Crippen molar-refractivity contribution in [1.29, 1.82) is 0 Å². The molecule has 1 amide bonds. The lowest BCUT2D eigenvalue weighted by Gasteiger charge is -2.23. The molecule has 0 bridgehead atoms. The maximum absolute atomic E-state index is 12.3. The molecule has 0 saturated carbocycles. The molecule has 5 nitrogen and oxygen atoms in total. The number of rotatable bonds is 5. The molecule has 3 N–H and O–H groups in total. The second kappa shape index (κ2) is 6.78. The minimum absolute atomic E-state index is 0.00209. The average molecular weight is 263 g/mol. The lowest BCUT2D eigenvalue weighted by atomic mass is 10.1. The third kappa shape index (κ3) is 3.98. The minimum Gasteiger partial charge on any atom is -0.409 e. The molecular weight excluding hydrogens is 242 g/mol. The zero-order valence-corrected chi connectivity index (χ0v) is 11.6. The van der Waals surface area contributed by atoms with E-state index in [1.165, 1.54) is 0 Å². The highest BCUT2D eigenvalue weighted by Gasteiger charge is 2.15. The molecule has 0 aliphatic carbocycles. The normalized spacial score (nSPS) is 11.7. The van der Waals surface area contributed by atoms with Gasteiger partial charge in [0.1, 0.15) is 0 Å². The summed E-state index contributed by atoms with van der Waals surface area (Å²) in [4.78, 5) is 14.1. The molecule has 0 heterocycles. The topological polar surface area (TPSA) is 78.9 Å². The molecule has 104 valence electrons. The van der Waals surface area contributed by atoms with E-state index in [2.05, 4.69) is 19.0 Å². The van der Waals surface area contributed by atoms with Crippen molar-refractivity contribution in [3.05, 3.63) is 35.4 Å². The van der Waals surface area contributed by atoms with Gasteiger partial charge in [0.25, 0.3) is 5.91 Å². The molecule has 1 aromatic carbocycles.